The number of benzene rings is 2. The SMILES string of the molecule is CSc1ccc(C2(CO)CCCCC2)cc1.CSc1ccc(C2(CO)CCN(C(=O)OC(C)(C)C)CC2)cc1. The lowest BCUT2D eigenvalue weighted by molar-refractivity contribution is 0.0123. The van der Waals surface area contributed by atoms with Gasteiger partial charge in [-0.3, -0.25) is 0 Å². The Balaban J connectivity index is 0.000000230. The number of likely N-dealkylation sites (tertiary alicyclic amines) is 1. The average Bonchev–Trinajstić information content (AvgIpc) is 2.97. The number of aliphatic hydroxyl groups is 2. The van der Waals surface area contributed by atoms with Crippen LogP contribution in [0.1, 0.15) is 76.8 Å². The van der Waals surface area contributed by atoms with Crippen LogP contribution in [0.2, 0.25) is 0 Å². The van der Waals surface area contributed by atoms with Crippen LogP contribution >= 0.6 is 23.5 Å². The summed E-state index contributed by atoms with van der Waals surface area (Å²) in [5.74, 6) is 0. The molecule has 0 unspecified atom stereocenters. The first-order chi connectivity index (χ1) is 18.6. The van der Waals surface area contributed by atoms with Crippen LogP contribution in [0.25, 0.3) is 0 Å². The summed E-state index contributed by atoms with van der Waals surface area (Å²) in [6.07, 6.45) is 11.5. The molecule has 1 aliphatic heterocycles. The molecule has 0 radical (unpaired) electrons. The van der Waals surface area contributed by atoms with E-state index in [1.807, 2.05) is 20.8 Å². The zero-order valence-corrected chi connectivity index (χ0v) is 26.0. The molecule has 2 aromatic carbocycles. The average molecular weight is 574 g/mol. The molecule has 216 valence electrons. The van der Waals surface area contributed by atoms with Crippen LogP contribution in [0.4, 0.5) is 4.79 Å². The van der Waals surface area contributed by atoms with Crippen molar-refractivity contribution in [1.29, 1.82) is 0 Å². The summed E-state index contributed by atoms with van der Waals surface area (Å²) in [7, 11) is 0. The highest BCUT2D eigenvalue weighted by atomic mass is 32.2. The van der Waals surface area contributed by atoms with Crippen molar-refractivity contribution in [3.05, 3.63) is 59.7 Å². The zero-order valence-electron chi connectivity index (χ0n) is 24.4. The molecule has 1 aliphatic carbocycles. The second kappa shape index (κ2) is 14.3. The lowest BCUT2D eigenvalue weighted by Gasteiger charge is -2.41. The number of carbonyl (C=O) groups excluding carboxylic acids is 1. The van der Waals surface area contributed by atoms with Crippen LogP contribution in [-0.4, -0.2) is 65.6 Å². The summed E-state index contributed by atoms with van der Waals surface area (Å²) >= 11 is 3.48. The summed E-state index contributed by atoms with van der Waals surface area (Å²) in [5, 5.41) is 19.7. The van der Waals surface area contributed by atoms with Gasteiger partial charge < -0.3 is 19.8 Å². The van der Waals surface area contributed by atoms with Gasteiger partial charge in [0.05, 0.1) is 13.2 Å². The number of hydrogen-bond donors (Lipinski definition) is 2. The maximum atomic E-state index is 12.2. The first-order valence-corrected chi connectivity index (χ1v) is 16.5. The maximum Gasteiger partial charge on any atom is 0.410 e. The summed E-state index contributed by atoms with van der Waals surface area (Å²) in [6.45, 7) is 7.25. The Labute approximate surface area is 244 Å². The molecule has 1 heterocycles. The predicted octanol–water partition coefficient (Wildman–Crippen LogP) is 7.27. The van der Waals surface area contributed by atoms with Gasteiger partial charge in [0.25, 0.3) is 0 Å². The van der Waals surface area contributed by atoms with Gasteiger partial charge in [0.15, 0.2) is 0 Å². The van der Waals surface area contributed by atoms with E-state index in [2.05, 4.69) is 61.0 Å². The van der Waals surface area contributed by atoms with E-state index < -0.39 is 5.60 Å². The summed E-state index contributed by atoms with van der Waals surface area (Å²) in [5.41, 5.74) is 1.80. The van der Waals surface area contributed by atoms with Gasteiger partial charge in [0.2, 0.25) is 0 Å². The normalized spacial score (nSPS) is 18.6. The van der Waals surface area contributed by atoms with Gasteiger partial charge in [-0.25, -0.2) is 4.79 Å². The number of nitrogens with zero attached hydrogens (tertiary/aromatic N) is 1. The third-order valence-corrected chi connectivity index (χ3v) is 9.68. The Morgan fingerprint density at radius 1 is 0.769 bits per heavy atom. The molecule has 5 nitrogen and oxygen atoms in total. The van der Waals surface area contributed by atoms with Crippen molar-refractivity contribution in [1.82, 2.24) is 4.90 Å². The quantitative estimate of drug-likeness (QED) is 0.354. The van der Waals surface area contributed by atoms with Crippen molar-refractivity contribution < 1.29 is 19.7 Å². The van der Waals surface area contributed by atoms with Gasteiger partial charge in [-0.15, -0.1) is 23.5 Å². The number of piperidine rings is 1. The molecule has 7 heteroatoms. The van der Waals surface area contributed by atoms with Crippen molar-refractivity contribution in [2.24, 2.45) is 0 Å². The smallest absolute Gasteiger partial charge is 0.410 e. The van der Waals surface area contributed by atoms with Gasteiger partial charge in [-0.05, 0) is 94.4 Å². The van der Waals surface area contributed by atoms with Crippen molar-refractivity contribution in [2.45, 2.75) is 91.9 Å². The van der Waals surface area contributed by atoms with Gasteiger partial charge in [0.1, 0.15) is 5.60 Å². The van der Waals surface area contributed by atoms with E-state index in [4.69, 9.17) is 4.74 Å². The predicted molar refractivity (Wildman–Crippen MR) is 164 cm³/mol. The van der Waals surface area contributed by atoms with Crippen molar-refractivity contribution in [3.63, 3.8) is 0 Å². The fourth-order valence-corrected chi connectivity index (χ4v) is 6.45. The van der Waals surface area contributed by atoms with Crippen molar-refractivity contribution in [2.75, 3.05) is 38.8 Å². The number of amides is 1. The fourth-order valence-electron chi connectivity index (χ4n) is 5.64. The molecule has 0 bridgehead atoms. The second-order valence-electron chi connectivity index (χ2n) is 11.9. The van der Waals surface area contributed by atoms with E-state index in [0.717, 1.165) is 31.2 Å². The van der Waals surface area contributed by atoms with Crippen molar-refractivity contribution in [3.8, 4) is 0 Å². The van der Waals surface area contributed by atoms with E-state index in [9.17, 15) is 15.0 Å². The van der Waals surface area contributed by atoms with Crippen LogP contribution in [-0.2, 0) is 15.6 Å². The topological polar surface area (TPSA) is 70.0 Å². The third-order valence-electron chi connectivity index (χ3n) is 8.19. The standard InChI is InChI=1S/C18H27NO3S.C14H20OS/c1-17(2,3)22-16(21)19-11-9-18(13-20,10-12-19)14-5-7-15(23-4)8-6-14;1-16-13-7-5-12(6-8-13)14(11-15)9-3-2-4-10-14/h5-8,20H,9-13H2,1-4H3;5-8,15H,2-4,9-11H2,1H3. The van der Waals surface area contributed by atoms with Gasteiger partial charge in [-0.2, -0.15) is 0 Å². The molecule has 4 rings (SSSR count). The zero-order chi connectivity index (χ0) is 28.5. The number of thioether (sulfide) groups is 2. The number of aliphatic hydroxyl groups excluding tert-OH is 2. The van der Waals surface area contributed by atoms with Crippen LogP contribution in [0.5, 0.6) is 0 Å². The van der Waals surface area contributed by atoms with E-state index in [1.165, 1.54) is 34.6 Å². The third kappa shape index (κ3) is 8.42. The molecule has 2 aliphatic rings. The van der Waals surface area contributed by atoms with Gasteiger partial charge >= 0.3 is 6.09 Å². The maximum absolute atomic E-state index is 12.2. The van der Waals surface area contributed by atoms with Crippen LogP contribution in [0, 0.1) is 0 Å². The molecule has 2 N–H and O–H groups in total. The Hall–Kier alpha value is -1.67. The lowest BCUT2D eigenvalue weighted by Crippen LogP contribution is -2.48. The molecule has 1 saturated heterocycles. The molecule has 1 amide bonds. The van der Waals surface area contributed by atoms with E-state index >= 15 is 0 Å². The minimum Gasteiger partial charge on any atom is -0.444 e. The van der Waals surface area contributed by atoms with E-state index in [0.29, 0.717) is 19.7 Å². The molecule has 0 atom stereocenters. The van der Waals surface area contributed by atoms with Crippen LogP contribution in [0.3, 0.4) is 0 Å². The monoisotopic (exact) mass is 573 g/mol. The van der Waals surface area contributed by atoms with Crippen LogP contribution < -0.4 is 0 Å². The molecule has 1 saturated carbocycles. The van der Waals surface area contributed by atoms with E-state index in [-0.39, 0.29) is 23.5 Å². The summed E-state index contributed by atoms with van der Waals surface area (Å²) in [6, 6.07) is 17.1. The second-order valence-corrected chi connectivity index (χ2v) is 13.6. The Morgan fingerprint density at radius 3 is 1.54 bits per heavy atom. The number of rotatable bonds is 6. The Bertz CT molecular complexity index is 1020. The molecule has 2 aromatic rings. The highest BCUT2D eigenvalue weighted by molar-refractivity contribution is 7.98. The highest BCUT2D eigenvalue weighted by Gasteiger charge is 2.38. The molecule has 2 fully saturated rings. The van der Waals surface area contributed by atoms with Crippen molar-refractivity contribution >= 4 is 29.6 Å². The molecule has 0 spiro atoms. The molecular formula is C32H47NO4S2. The van der Waals surface area contributed by atoms with Gasteiger partial charge in [0, 0.05) is 33.7 Å². The minimum atomic E-state index is -0.476. The molecule has 39 heavy (non-hydrogen) atoms. The lowest BCUT2D eigenvalue weighted by atomic mass is 9.70. The van der Waals surface area contributed by atoms with Gasteiger partial charge in [-0.1, -0.05) is 43.5 Å². The number of carbonyl (C=O) groups is 1. The van der Waals surface area contributed by atoms with E-state index in [1.54, 1.807) is 28.4 Å². The first kappa shape index (κ1) is 31.9. The fraction of sp³-hybridized carbons (Fsp3) is 0.594. The molecular weight excluding hydrogens is 526 g/mol. The first-order valence-electron chi connectivity index (χ1n) is 14.1. The minimum absolute atomic E-state index is 0.0508. The summed E-state index contributed by atoms with van der Waals surface area (Å²) < 4.78 is 5.44. The largest absolute Gasteiger partial charge is 0.444 e. The summed E-state index contributed by atoms with van der Waals surface area (Å²) in [4.78, 5) is 16.4. The number of hydrogen-bond acceptors (Lipinski definition) is 6. The van der Waals surface area contributed by atoms with Crippen LogP contribution in [0.15, 0.2) is 58.3 Å². The molecule has 0 aromatic heterocycles. The Morgan fingerprint density at radius 2 is 1.18 bits per heavy atom. The Kier molecular flexibility index (Phi) is 11.7. The number of ether oxygens (including phenoxy) is 1. The highest BCUT2D eigenvalue weighted by Crippen LogP contribution is 2.39.